The van der Waals surface area contributed by atoms with Crippen LogP contribution in [0.15, 0.2) is 23.4 Å². The van der Waals surface area contributed by atoms with Crippen LogP contribution >= 0.6 is 23.3 Å². The molecule has 36 heavy (non-hydrogen) atoms. The highest BCUT2D eigenvalue weighted by molar-refractivity contribution is 7.97. The summed E-state index contributed by atoms with van der Waals surface area (Å²) in [5.41, 5.74) is 2.13. The number of amides is 1. The molecular formula is C26H31N7OS2. The van der Waals surface area contributed by atoms with E-state index in [-0.39, 0.29) is 17.4 Å². The fraction of sp³-hybridized carbons (Fsp3) is 0.577. The normalized spacial score (nSPS) is 20.6. The van der Waals surface area contributed by atoms with Gasteiger partial charge in [0.05, 0.1) is 17.8 Å². The van der Waals surface area contributed by atoms with Gasteiger partial charge in [-0.1, -0.05) is 25.2 Å². The van der Waals surface area contributed by atoms with Crippen LogP contribution in [0, 0.1) is 17.2 Å². The fourth-order valence-electron chi connectivity index (χ4n) is 4.89. The van der Waals surface area contributed by atoms with Crippen molar-refractivity contribution >= 4 is 34.7 Å². The zero-order chi connectivity index (χ0) is 25.1. The standard InChI is InChI=1S/C26H31N7OS2/c1-16(2)23(34)32-10-4-17(5-11-32)19-12-18(36-31-25(3)6-7-25)14-33-20(19)13-28-21(33)22-29-30-24(35-22)26(15-27)8-9-26/h12-14,16-17,31H,4-11H2,1-3H3. The van der Waals surface area contributed by atoms with E-state index < -0.39 is 5.41 Å². The van der Waals surface area contributed by atoms with E-state index in [1.165, 1.54) is 29.7 Å². The van der Waals surface area contributed by atoms with E-state index in [0.29, 0.717) is 5.92 Å². The summed E-state index contributed by atoms with van der Waals surface area (Å²) in [5, 5.41) is 19.9. The number of aromatic nitrogens is 4. The third kappa shape index (κ3) is 4.31. The average molecular weight is 522 g/mol. The van der Waals surface area contributed by atoms with Gasteiger partial charge in [0.2, 0.25) is 5.91 Å². The van der Waals surface area contributed by atoms with Crippen LogP contribution in [0.4, 0.5) is 0 Å². The van der Waals surface area contributed by atoms with E-state index in [0.717, 1.165) is 65.0 Å². The van der Waals surface area contributed by atoms with E-state index in [9.17, 15) is 10.1 Å². The second-order valence-corrected chi connectivity index (χ2v) is 13.0. The third-order valence-electron chi connectivity index (χ3n) is 7.79. The van der Waals surface area contributed by atoms with Crippen LogP contribution in [-0.4, -0.2) is 49.0 Å². The van der Waals surface area contributed by atoms with Crippen LogP contribution in [0.5, 0.6) is 0 Å². The predicted octanol–water partition coefficient (Wildman–Crippen LogP) is 4.92. The molecule has 2 saturated carbocycles. The molecule has 8 nitrogen and oxygen atoms in total. The lowest BCUT2D eigenvalue weighted by Crippen LogP contribution is -2.40. The number of carbonyl (C=O) groups excluding carboxylic acids is 1. The minimum atomic E-state index is -0.444. The number of likely N-dealkylation sites (tertiary alicyclic amines) is 1. The Hall–Kier alpha value is -2.48. The minimum Gasteiger partial charge on any atom is -0.342 e. The maximum atomic E-state index is 12.5. The second kappa shape index (κ2) is 8.82. The molecule has 0 radical (unpaired) electrons. The summed E-state index contributed by atoms with van der Waals surface area (Å²) in [7, 11) is 0. The summed E-state index contributed by atoms with van der Waals surface area (Å²) in [5.74, 6) is 1.42. The van der Waals surface area contributed by atoms with Crippen molar-refractivity contribution < 1.29 is 4.79 Å². The number of hydrogen-bond acceptors (Lipinski definition) is 8. The Labute approximate surface area is 219 Å². The minimum absolute atomic E-state index is 0.0350. The zero-order valence-electron chi connectivity index (χ0n) is 21.0. The number of carbonyl (C=O) groups is 1. The summed E-state index contributed by atoms with van der Waals surface area (Å²) < 4.78 is 5.79. The Morgan fingerprint density at radius 3 is 2.64 bits per heavy atom. The molecule has 0 bridgehead atoms. The number of fused-ring (bicyclic) bond motifs is 1. The molecule has 0 unspecified atom stereocenters. The molecule has 0 atom stereocenters. The van der Waals surface area contributed by atoms with Gasteiger partial charge in [-0.15, -0.1) is 10.2 Å². The van der Waals surface area contributed by atoms with Crippen molar-refractivity contribution in [3.63, 3.8) is 0 Å². The molecule has 4 heterocycles. The van der Waals surface area contributed by atoms with E-state index in [4.69, 9.17) is 4.98 Å². The smallest absolute Gasteiger partial charge is 0.225 e. The number of hydrogen-bond donors (Lipinski definition) is 1. The lowest BCUT2D eigenvalue weighted by Gasteiger charge is -2.33. The molecule has 1 N–H and O–H groups in total. The molecule has 188 valence electrons. The number of rotatable bonds is 7. The monoisotopic (exact) mass is 521 g/mol. The van der Waals surface area contributed by atoms with Gasteiger partial charge in [0.15, 0.2) is 10.8 Å². The molecule has 1 saturated heterocycles. The highest BCUT2D eigenvalue weighted by Crippen LogP contribution is 2.49. The summed E-state index contributed by atoms with van der Waals surface area (Å²) in [4.78, 5) is 20.5. The molecule has 3 aromatic rings. The van der Waals surface area contributed by atoms with Crippen molar-refractivity contribution in [1.82, 2.24) is 29.2 Å². The number of nitriles is 1. The molecule has 2 aliphatic carbocycles. The lowest BCUT2D eigenvalue weighted by molar-refractivity contribution is -0.135. The lowest BCUT2D eigenvalue weighted by atomic mass is 9.89. The van der Waals surface area contributed by atoms with Crippen molar-refractivity contribution in [3.8, 4) is 16.9 Å². The van der Waals surface area contributed by atoms with Crippen molar-refractivity contribution in [1.29, 1.82) is 5.26 Å². The van der Waals surface area contributed by atoms with Crippen LogP contribution in [0.1, 0.15) is 75.8 Å². The summed E-state index contributed by atoms with van der Waals surface area (Å²) in [6.07, 6.45) is 10.1. The largest absolute Gasteiger partial charge is 0.342 e. The second-order valence-electron chi connectivity index (χ2n) is 11.1. The topological polar surface area (TPSA) is 99.2 Å². The maximum Gasteiger partial charge on any atom is 0.225 e. The van der Waals surface area contributed by atoms with Crippen molar-refractivity contribution in [2.24, 2.45) is 5.92 Å². The predicted molar refractivity (Wildman–Crippen MR) is 141 cm³/mol. The van der Waals surface area contributed by atoms with Gasteiger partial charge >= 0.3 is 0 Å². The summed E-state index contributed by atoms with van der Waals surface area (Å²) in [6.45, 7) is 7.78. The third-order valence-corrected chi connectivity index (χ3v) is 9.97. The van der Waals surface area contributed by atoms with E-state index in [1.54, 1.807) is 11.9 Å². The van der Waals surface area contributed by atoms with Gasteiger partial charge in [-0.05, 0) is 74.9 Å². The Morgan fingerprint density at radius 2 is 2.00 bits per heavy atom. The Kier molecular flexibility index (Phi) is 5.85. The first-order chi connectivity index (χ1) is 17.3. The Bertz CT molecular complexity index is 1350. The molecule has 0 aromatic carbocycles. The van der Waals surface area contributed by atoms with E-state index in [2.05, 4.69) is 44.6 Å². The molecular weight excluding hydrogens is 490 g/mol. The van der Waals surface area contributed by atoms with Gasteiger partial charge < -0.3 is 4.90 Å². The van der Waals surface area contributed by atoms with Crippen LogP contribution in [0.3, 0.4) is 0 Å². The molecule has 0 spiro atoms. The van der Waals surface area contributed by atoms with Gasteiger partial charge in [0, 0.05) is 35.6 Å². The highest BCUT2D eigenvalue weighted by atomic mass is 32.2. The first kappa shape index (κ1) is 23.9. The zero-order valence-corrected chi connectivity index (χ0v) is 22.6. The maximum absolute atomic E-state index is 12.5. The molecule has 6 rings (SSSR count). The summed E-state index contributed by atoms with van der Waals surface area (Å²) >= 11 is 3.17. The molecule has 3 fully saturated rings. The SMILES string of the molecule is CC(C)C(=O)N1CCC(c2cc(SNC3(C)CC3)cn3c(-c4nnc(C5(C#N)CC5)s4)ncc23)CC1. The fourth-order valence-corrected chi connectivity index (χ4v) is 6.84. The van der Waals surface area contributed by atoms with Gasteiger partial charge in [0.1, 0.15) is 10.4 Å². The first-order valence-corrected chi connectivity index (χ1v) is 14.4. The van der Waals surface area contributed by atoms with Crippen LogP contribution in [0.25, 0.3) is 16.3 Å². The highest BCUT2D eigenvalue weighted by Gasteiger charge is 2.48. The molecule has 10 heteroatoms. The van der Waals surface area contributed by atoms with Crippen molar-refractivity contribution in [2.75, 3.05) is 13.1 Å². The Morgan fingerprint density at radius 1 is 1.25 bits per heavy atom. The van der Waals surface area contributed by atoms with Crippen LogP contribution in [-0.2, 0) is 10.2 Å². The Balaban J connectivity index is 1.34. The van der Waals surface area contributed by atoms with Crippen LogP contribution in [0.2, 0.25) is 0 Å². The number of imidazole rings is 1. The van der Waals surface area contributed by atoms with E-state index >= 15 is 0 Å². The molecule has 3 aromatic heterocycles. The molecule has 1 aliphatic heterocycles. The van der Waals surface area contributed by atoms with Gasteiger partial charge in [-0.2, -0.15) is 5.26 Å². The van der Waals surface area contributed by atoms with Gasteiger partial charge in [0.25, 0.3) is 0 Å². The number of nitrogens with zero attached hydrogens (tertiary/aromatic N) is 6. The molecule has 1 amide bonds. The van der Waals surface area contributed by atoms with Gasteiger partial charge in [-0.3, -0.25) is 13.9 Å². The first-order valence-electron chi connectivity index (χ1n) is 12.8. The van der Waals surface area contributed by atoms with Crippen molar-refractivity contribution in [3.05, 3.63) is 29.0 Å². The molecule has 3 aliphatic rings. The number of pyridine rings is 1. The van der Waals surface area contributed by atoms with Crippen LogP contribution < -0.4 is 4.72 Å². The average Bonchev–Trinajstić information content (AvgIpc) is 3.73. The van der Waals surface area contributed by atoms with E-state index in [1.807, 2.05) is 24.9 Å². The number of nitrogens with one attached hydrogen (secondary N) is 1. The number of piperidine rings is 1. The van der Waals surface area contributed by atoms with Gasteiger partial charge in [-0.25, -0.2) is 4.98 Å². The quantitative estimate of drug-likeness (QED) is 0.441. The van der Waals surface area contributed by atoms with Crippen molar-refractivity contribution in [2.45, 2.75) is 81.1 Å². The summed E-state index contributed by atoms with van der Waals surface area (Å²) in [6, 6.07) is 4.72.